The van der Waals surface area contributed by atoms with Gasteiger partial charge in [0.2, 0.25) is 20.0 Å². The first-order chi connectivity index (χ1) is 13.2. The fourth-order valence-corrected chi connectivity index (χ4v) is 5.32. The maximum Gasteiger partial charge on any atom is 0.340 e. The number of ether oxygens (including phenoxy) is 1. The lowest BCUT2D eigenvalue weighted by Crippen LogP contribution is -2.41. The molecule has 11 heteroatoms. The van der Waals surface area contributed by atoms with Crippen molar-refractivity contribution in [3.63, 3.8) is 0 Å². The Morgan fingerprint density at radius 3 is 2.31 bits per heavy atom. The Balaban J connectivity index is 2.21. The van der Waals surface area contributed by atoms with Gasteiger partial charge in [0.05, 0.1) is 16.7 Å². The molecule has 164 valence electrons. The minimum absolute atomic E-state index is 0.0479. The van der Waals surface area contributed by atoms with Crippen LogP contribution in [0.5, 0.6) is 0 Å². The normalized spacial score (nSPS) is 17.3. The molecule has 1 heterocycles. The molecule has 1 saturated heterocycles. The predicted octanol–water partition coefficient (Wildman–Crippen LogP) is 2.25. The van der Waals surface area contributed by atoms with Crippen molar-refractivity contribution in [3.8, 4) is 0 Å². The highest BCUT2D eigenvalue weighted by Crippen LogP contribution is 2.28. The number of rotatable bonds is 6. The van der Waals surface area contributed by atoms with Crippen LogP contribution in [0.2, 0.25) is 5.02 Å². The van der Waals surface area contributed by atoms with E-state index in [0.29, 0.717) is 12.8 Å². The molecule has 29 heavy (non-hydrogen) atoms. The van der Waals surface area contributed by atoms with E-state index in [9.17, 15) is 21.6 Å². The van der Waals surface area contributed by atoms with Crippen LogP contribution < -0.4 is 4.72 Å². The van der Waals surface area contributed by atoms with Crippen molar-refractivity contribution in [2.24, 2.45) is 5.92 Å². The summed E-state index contributed by atoms with van der Waals surface area (Å²) in [5, 5.41) is 0.232. The summed E-state index contributed by atoms with van der Waals surface area (Å²) in [5.41, 5.74) is -0.890. The van der Waals surface area contributed by atoms with Crippen molar-refractivity contribution >= 4 is 37.6 Å². The average molecular weight is 467 g/mol. The number of carbonyl (C=O) groups is 1. The zero-order valence-corrected chi connectivity index (χ0v) is 19.3. The zero-order valence-electron chi connectivity index (χ0n) is 16.9. The van der Waals surface area contributed by atoms with Crippen LogP contribution in [0.1, 0.15) is 44.0 Å². The molecule has 1 aliphatic rings. The number of sulfonamides is 2. The number of piperidine rings is 1. The van der Waals surface area contributed by atoms with Crippen LogP contribution in [-0.4, -0.2) is 58.6 Å². The van der Waals surface area contributed by atoms with E-state index in [0.717, 1.165) is 6.26 Å². The lowest BCUT2D eigenvalue weighted by Gasteiger charge is -2.31. The summed E-state index contributed by atoms with van der Waals surface area (Å²) in [5.74, 6) is -0.711. The van der Waals surface area contributed by atoms with Crippen molar-refractivity contribution < 1.29 is 26.4 Å². The second kappa shape index (κ2) is 8.89. The first-order valence-electron chi connectivity index (χ1n) is 9.17. The molecule has 8 nitrogen and oxygen atoms in total. The van der Waals surface area contributed by atoms with Gasteiger partial charge in [-0.15, -0.1) is 0 Å². The first-order valence-corrected chi connectivity index (χ1v) is 12.9. The molecule has 1 N–H and O–H groups in total. The second-order valence-electron chi connectivity index (χ2n) is 8.11. The Bertz CT molecular complexity index is 963. The van der Waals surface area contributed by atoms with E-state index in [1.807, 2.05) is 0 Å². The molecule has 0 spiro atoms. The van der Waals surface area contributed by atoms with Gasteiger partial charge in [-0.2, -0.15) is 4.31 Å². The van der Waals surface area contributed by atoms with Gasteiger partial charge in [-0.1, -0.05) is 11.6 Å². The summed E-state index contributed by atoms with van der Waals surface area (Å²) in [6, 6.07) is 4.03. The molecular formula is C18H27ClN2O6S2. The van der Waals surface area contributed by atoms with Crippen molar-refractivity contribution in [2.75, 3.05) is 25.9 Å². The van der Waals surface area contributed by atoms with E-state index in [2.05, 4.69) is 4.72 Å². The number of esters is 1. The Kier molecular flexibility index (Phi) is 7.38. The maximum absolute atomic E-state index is 13.2. The summed E-state index contributed by atoms with van der Waals surface area (Å²) in [6.45, 7) is 5.82. The highest BCUT2D eigenvalue weighted by Gasteiger charge is 2.33. The van der Waals surface area contributed by atoms with Crippen LogP contribution in [-0.2, 0) is 24.8 Å². The lowest BCUT2D eigenvalue weighted by atomic mass is 9.99. The molecule has 0 saturated carbocycles. The van der Waals surface area contributed by atoms with Gasteiger partial charge in [0.1, 0.15) is 5.60 Å². The molecule has 0 aromatic heterocycles. The van der Waals surface area contributed by atoms with Crippen LogP contribution in [0.3, 0.4) is 0 Å². The number of hydrogen-bond donors (Lipinski definition) is 1. The molecule has 0 aliphatic carbocycles. The first kappa shape index (κ1) is 24.1. The number of nitrogens with zero attached hydrogens (tertiary/aromatic N) is 1. The summed E-state index contributed by atoms with van der Waals surface area (Å²) in [4.78, 5) is 12.4. The smallest absolute Gasteiger partial charge is 0.340 e. The van der Waals surface area contributed by atoms with Crippen LogP contribution in [0.4, 0.5) is 0 Å². The molecule has 2 rings (SSSR count). The minimum Gasteiger partial charge on any atom is -0.456 e. The average Bonchev–Trinajstić information content (AvgIpc) is 2.58. The number of halogens is 1. The third-order valence-corrected chi connectivity index (χ3v) is 7.27. The number of hydrogen-bond acceptors (Lipinski definition) is 6. The van der Waals surface area contributed by atoms with Crippen LogP contribution in [0.25, 0.3) is 0 Å². The molecule has 0 radical (unpaired) electrons. The van der Waals surface area contributed by atoms with E-state index in [1.165, 1.54) is 22.5 Å². The zero-order chi connectivity index (χ0) is 22.0. The number of benzene rings is 1. The fraction of sp³-hybridized carbons (Fsp3) is 0.611. The number of nitrogens with one attached hydrogen (secondary N) is 1. The molecular weight excluding hydrogens is 440 g/mol. The Labute approximate surface area is 177 Å². The Hall–Kier alpha value is -1.20. The van der Waals surface area contributed by atoms with Crippen LogP contribution in [0, 0.1) is 5.92 Å². The molecule has 1 aromatic rings. The largest absolute Gasteiger partial charge is 0.456 e. The van der Waals surface area contributed by atoms with Crippen molar-refractivity contribution in [3.05, 3.63) is 28.8 Å². The molecule has 1 aliphatic heterocycles. The van der Waals surface area contributed by atoms with E-state index in [4.69, 9.17) is 16.3 Å². The highest BCUT2D eigenvalue weighted by atomic mass is 35.5. The van der Waals surface area contributed by atoms with Crippen molar-refractivity contribution in [1.29, 1.82) is 0 Å². The SMILES string of the molecule is CC(C)(C)OC(=O)c1cc(Cl)ccc1S(=O)(=O)N1CCC(CNS(C)(=O)=O)CC1. The van der Waals surface area contributed by atoms with Gasteiger partial charge < -0.3 is 4.74 Å². The fourth-order valence-electron chi connectivity index (χ4n) is 2.98. The summed E-state index contributed by atoms with van der Waals surface area (Å²) in [7, 11) is -7.23. The van der Waals surface area contributed by atoms with Crippen LogP contribution >= 0.6 is 11.6 Å². The van der Waals surface area contributed by atoms with Crippen LogP contribution in [0.15, 0.2) is 23.1 Å². The van der Waals surface area contributed by atoms with Gasteiger partial charge in [-0.25, -0.2) is 26.4 Å². The topological polar surface area (TPSA) is 110 Å². The molecule has 0 atom stereocenters. The van der Waals surface area contributed by atoms with Gasteiger partial charge >= 0.3 is 5.97 Å². The van der Waals surface area contributed by atoms with Gasteiger partial charge in [0, 0.05) is 24.7 Å². The number of carbonyl (C=O) groups excluding carboxylic acids is 1. The molecule has 0 amide bonds. The summed E-state index contributed by atoms with van der Waals surface area (Å²) < 4.78 is 57.9. The molecule has 1 fully saturated rings. The molecule has 1 aromatic carbocycles. The third-order valence-electron chi connectivity index (χ3n) is 4.39. The van der Waals surface area contributed by atoms with E-state index >= 15 is 0 Å². The standard InChI is InChI=1S/C18H27ClN2O6S2/c1-18(2,3)27-17(22)15-11-14(19)5-6-16(15)29(25,26)21-9-7-13(8-10-21)12-20-28(4,23)24/h5-6,11,13,20H,7-10,12H2,1-4H3. The third kappa shape index (κ3) is 6.92. The van der Waals surface area contributed by atoms with Gasteiger partial charge in [0.25, 0.3) is 0 Å². The Morgan fingerprint density at radius 1 is 1.21 bits per heavy atom. The highest BCUT2D eigenvalue weighted by molar-refractivity contribution is 7.89. The van der Waals surface area contributed by atoms with Crippen molar-refractivity contribution in [2.45, 2.75) is 44.1 Å². The maximum atomic E-state index is 13.2. The minimum atomic E-state index is -3.94. The van der Waals surface area contributed by atoms with Gasteiger partial charge in [-0.05, 0) is 57.7 Å². The summed E-state index contributed by atoms with van der Waals surface area (Å²) >= 11 is 5.99. The monoisotopic (exact) mass is 466 g/mol. The lowest BCUT2D eigenvalue weighted by molar-refractivity contribution is 0.00648. The van der Waals surface area contributed by atoms with E-state index in [1.54, 1.807) is 20.8 Å². The van der Waals surface area contributed by atoms with E-state index < -0.39 is 31.6 Å². The van der Waals surface area contributed by atoms with E-state index in [-0.39, 0.29) is 41.0 Å². The summed E-state index contributed by atoms with van der Waals surface area (Å²) in [6.07, 6.45) is 2.11. The predicted molar refractivity (Wildman–Crippen MR) is 111 cm³/mol. The second-order valence-corrected chi connectivity index (χ2v) is 12.3. The molecule has 0 unspecified atom stereocenters. The van der Waals surface area contributed by atoms with Gasteiger partial charge in [0.15, 0.2) is 0 Å². The van der Waals surface area contributed by atoms with Crippen molar-refractivity contribution in [1.82, 2.24) is 9.03 Å². The Morgan fingerprint density at radius 2 is 1.79 bits per heavy atom. The molecule has 0 bridgehead atoms. The quantitative estimate of drug-likeness (QED) is 0.644. The van der Waals surface area contributed by atoms with Gasteiger partial charge in [-0.3, -0.25) is 0 Å².